The molecule has 1 aliphatic heterocycles. The van der Waals surface area contributed by atoms with Gasteiger partial charge in [0.05, 0.1) is 24.9 Å². The number of amides is 1. The lowest BCUT2D eigenvalue weighted by molar-refractivity contribution is -0.126. The molecule has 0 bridgehead atoms. The van der Waals surface area contributed by atoms with Crippen molar-refractivity contribution in [2.45, 2.75) is 51.9 Å². The standard InChI is InChI=1S/C19H25N3O4/c1-13-16(14(2)26-22-13)11-25-18-12-24-10-7-17(18)21-19(23)4-3-15-5-8-20-9-6-15/h5-6,8-9,17-18H,3-4,7,10-12H2,1-2H3,(H,21,23)/t17-,18-/m1/s1. The van der Waals surface area contributed by atoms with Crippen molar-refractivity contribution in [2.75, 3.05) is 13.2 Å². The van der Waals surface area contributed by atoms with Gasteiger partial charge in [0, 0.05) is 31.0 Å². The molecule has 0 radical (unpaired) electrons. The molecule has 2 atom stereocenters. The fraction of sp³-hybridized carbons (Fsp3) is 0.526. The molecule has 0 saturated carbocycles. The first-order valence-corrected chi connectivity index (χ1v) is 8.93. The summed E-state index contributed by atoms with van der Waals surface area (Å²) in [6.07, 6.45) is 5.18. The summed E-state index contributed by atoms with van der Waals surface area (Å²) in [7, 11) is 0. The van der Waals surface area contributed by atoms with Crippen LogP contribution in [0.2, 0.25) is 0 Å². The highest BCUT2D eigenvalue weighted by molar-refractivity contribution is 5.76. The molecule has 140 valence electrons. The van der Waals surface area contributed by atoms with Crippen LogP contribution >= 0.6 is 0 Å². The Labute approximate surface area is 153 Å². The van der Waals surface area contributed by atoms with E-state index in [1.54, 1.807) is 12.4 Å². The first-order valence-electron chi connectivity index (χ1n) is 8.93. The fourth-order valence-corrected chi connectivity index (χ4v) is 3.03. The van der Waals surface area contributed by atoms with E-state index >= 15 is 0 Å². The molecule has 3 rings (SSSR count). The van der Waals surface area contributed by atoms with E-state index in [1.807, 2.05) is 26.0 Å². The molecule has 2 aromatic rings. The van der Waals surface area contributed by atoms with Crippen LogP contribution in [-0.4, -0.2) is 41.4 Å². The lowest BCUT2D eigenvalue weighted by atomic mass is 10.0. The van der Waals surface area contributed by atoms with Gasteiger partial charge in [-0.05, 0) is 44.4 Å². The van der Waals surface area contributed by atoms with Crippen LogP contribution in [0.15, 0.2) is 29.0 Å². The second kappa shape index (κ2) is 8.91. The van der Waals surface area contributed by atoms with E-state index in [1.165, 1.54) is 0 Å². The first kappa shape index (κ1) is 18.5. The van der Waals surface area contributed by atoms with Gasteiger partial charge in [0.15, 0.2) is 0 Å². The Hall–Kier alpha value is -2.25. The highest BCUT2D eigenvalue weighted by Gasteiger charge is 2.28. The Bertz CT molecular complexity index is 697. The van der Waals surface area contributed by atoms with E-state index in [-0.39, 0.29) is 18.1 Å². The Balaban J connectivity index is 1.50. The summed E-state index contributed by atoms with van der Waals surface area (Å²) in [6.45, 7) is 5.26. The summed E-state index contributed by atoms with van der Waals surface area (Å²) in [4.78, 5) is 16.3. The zero-order valence-electron chi connectivity index (χ0n) is 15.2. The molecule has 1 saturated heterocycles. The minimum atomic E-state index is -0.178. The van der Waals surface area contributed by atoms with Crippen LogP contribution in [0.4, 0.5) is 0 Å². The summed E-state index contributed by atoms with van der Waals surface area (Å²) < 4.78 is 16.7. The SMILES string of the molecule is Cc1noc(C)c1CO[C@@H]1COCC[C@H]1NC(=O)CCc1ccncc1. The number of carbonyl (C=O) groups is 1. The summed E-state index contributed by atoms with van der Waals surface area (Å²) >= 11 is 0. The van der Waals surface area contributed by atoms with Crippen molar-refractivity contribution in [3.63, 3.8) is 0 Å². The van der Waals surface area contributed by atoms with Gasteiger partial charge < -0.3 is 19.3 Å². The number of hydrogen-bond acceptors (Lipinski definition) is 6. The van der Waals surface area contributed by atoms with Gasteiger partial charge in [0.25, 0.3) is 0 Å². The highest BCUT2D eigenvalue weighted by atomic mass is 16.5. The second-order valence-electron chi connectivity index (χ2n) is 6.55. The molecule has 0 aromatic carbocycles. The number of nitrogens with one attached hydrogen (secondary N) is 1. The zero-order chi connectivity index (χ0) is 18.4. The molecule has 3 heterocycles. The predicted molar refractivity (Wildman–Crippen MR) is 94.5 cm³/mol. The van der Waals surface area contributed by atoms with E-state index in [0.717, 1.165) is 29.0 Å². The molecule has 0 unspecified atom stereocenters. The summed E-state index contributed by atoms with van der Waals surface area (Å²) in [6, 6.07) is 3.81. The number of rotatable bonds is 7. The molecular formula is C19H25N3O4. The summed E-state index contributed by atoms with van der Waals surface area (Å²) in [5.41, 5.74) is 2.89. The van der Waals surface area contributed by atoms with Gasteiger partial charge in [0.1, 0.15) is 11.9 Å². The number of ether oxygens (including phenoxy) is 2. The van der Waals surface area contributed by atoms with Crippen molar-refractivity contribution >= 4 is 5.91 Å². The topological polar surface area (TPSA) is 86.5 Å². The van der Waals surface area contributed by atoms with Gasteiger partial charge >= 0.3 is 0 Å². The maximum atomic E-state index is 12.3. The number of aryl methyl sites for hydroxylation is 3. The molecule has 26 heavy (non-hydrogen) atoms. The summed E-state index contributed by atoms with van der Waals surface area (Å²) in [5.74, 6) is 0.789. The normalized spacial score (nSPS) is 20.1. The maximum Gasteiger partial charge on any atom is 0.220 e. The van der Waals surface area contributed by atoms with Crippen LogP contribution in [0.5, 0.6) is 0 Å². The average molecular weight is 359 g/mol. The molecule has 7 nitrogen and oxygen atoms in total. The van der Waals surface area contributed by atoms with E-state index in [0.29, 0.717) is 32.7 Å². The van der Waals surface area contributed by atoms with Crippen LogP contribution in [0.25, 0.3) is 0 Å². The van der Waals surface area contributed by atoms with E-state index in [2.05, 4.69) is 15.5 Å². The van der Waals surface area contributed by atoms with Crippen molar-refractivity contribution in [1.29, 1.82) is 0 Å². The fourth-order valence-electron chi connectivity index (χ4n) is 3.03. The van der Waals surface area contributed by atoms with Gasteiger partial charge in [-0.3, -0.25) is 9.78 Å². The van der Waals surface area contributed by atoms with Crippen LogP contribution in [0.1, 0.15) is 35.4 Å². The molecule has 1 amide bonds. The largest absolute Gasteiger partial charge is 0.379 e. The van der Waals surface area contributed by atoms with Crippen LogP contribution in [0.3, 0.4) is 0 Å². The van der Waals surface area contributed by atoms with E-state index < -0.39 is 0 Å². The third kappa shape index (κ3) is 4.89. The molecule has 0 aliphatic carbocycles. The minimum Gasteiger partial charge on any atom is -0.379 e. The quantitative estimate of drug-likeness (QED) is 0.815. The third-order valence-electron chi connectivity index (χ3n) is 4.66. The van der Waals surface area contributed by atoms with Crippen LogP contribution in [0, 0.1) is 13.8 Å². The monoisotopic (exact) mass is 359 g/mol. The van der Waals surface area contributed by atoms with Crippen LogP contribution < -0.4 is 5.32 Å². The molecule has 2 aromatic heterocycles. The van der Waals surface area contributed by atoms with Crippen LogP contribution in [-0.2, 0) is 27.3 Å². The summed E-state index contributed by atoms with van der Waals surface area (Å²) in [5, 5.41) is 7.04. The molecular weight excluding hydrogens is 334 g/mol. The lowest BCUT2D eigenvalue weighted by Crippen LogP contribution is -2.50. The second-order valence-corrected chi connectivity index (χ2v) is 6.55. The van der Waals surface area contributed by atoms with Gasteiger partial charge in [-0.2, -0.15) is 0 Å². The van der Waals surface area contributed by atoms with Crippen molar-refractivity contribution in [1.82, 2.24) is 15.5 Å². The van der Waals surface area contributed by atoms with Gasteiger partial charge in [-0.25, -0.2) is 0 Å². The van der Waals surface area contributed by atoms with E-state index in [4.69, 9.17) is 14.0 Å². The van der Waals surface area contributed by atoms with Gasteiger partial charge in [-0.15, -0.1) is 0 Å². The smallest absolute Gasteiger partial charge is 0.220 e. The Morgan fingerprint density at radius 2 is 2.15 bits per heavy atom. The number of carbonyl (C=O) groups excluding carboxylic acids is 1. The highest BCUT2D eigenvalue weighted by Crippen LogP contribution is 2.18. The molecule has 0 spiro atoms. The third-order valence-corrected chi connectivity index (χ3v) is 4.66. The first-order chi connectivity index (χ1) is 12.6. The molecule has 1 aliphatic rings. The van der Waals surface area contributed by atoms with Gasteiger partial charge in [0.2, 0.25) is 5.91 Å². The Morgan fingerprint density at radius 1 is 1.35 bits per heavy atom. The molecule has 1 N–H and O–H groups in total. The van der Waals surface area contributed by atoms with Crippen molar-refractivity contribution in [3.8, 4) is 0 Å². The Morgan fingerprint density at radius 3 is 2.88 bits per heavy atom. The number of aromatic nitrogens is 2. The van der Waals surface area contributed by atoms with Crippen molar-refractivity contribution in [2.24, 2.45) is 0 Å². The average Bonchev–Trinajstić information content (AvgIpc) is 2.98. The molecule has 1 fully saturated rings. The van der Waals surface area contributed by atoms with Gasteiger partial charge in [-0.1, -0.05) is 5.16 Å². The van der Waals surface area contributed by atoms with Crippen molar-refractivity contribution < 1.29 is 18.8 Å². The number of pyridine rings is 1. The van der Waals surface area contributed by atoms with E-state index in [9.17, 15) is 4.79 Å². The lowest BCUT2D eigenvalue weighted by Gasteiger charge is -2.32. The molecule has 7 heteroatoms. The Kier molecular flexibility index (Phi) is 6.35. The predicted octanol–water partition coefficient (Wildman–Crippen LogP) is 2.11. The zero-order valence-corrected chi connectivity index (χ0v) is 15.2. The maximum absolute atomic E-state index is 12.3. The minimum absolute atomic E-state index is 0.0275. The number of hydrogen-bond donors (Lipinski definition) is 1. The van der Waals surface area contributed by atoms with Crippen molar-refractivity contribution in [3.05, 3.63) is 47.1 Å². The number of nitrogens with zero attached hydrogens (tertiary/aromatic N) is 2.